The smallest absolute Gasteiger partial charge is 0.121 e. The highest BCUT2D eigenvalue weighted by atomic mass is 16.5. The van der Waals surface area contributed by atoms with Gasteiger partial charge in [-0.2, -0.15) is 4.80 Å². The molecule has 188 valence electrons. The van der Waals surface area contributed by atoms with Gasteiger partial charge in [-0.1, -0.05) is 60.7 Å². The van der Waals surface area contributed by atoms with E-state index in [1.807, 2.05) is 48.5 Å². The maximum absolute atomic E-state index is 5.35. The summed E-state index contributed by atoms with van der Waals surface area (Å²) < 4.78 is 5.35. The summed E-state index contributed by atoms with van der Waals surface area (Å²) in [7, 11) is 1.65. The Kier molecular flexibility index (Phi) is 5.41. The molecule has 0 aliphatic carbocycles. The van der Waals surface area contributed by atoms with Crippen LogP contribution in [0.2, 0.25) is 0 Å². The van der Waals surface area contributed by atoms with Crippen molar-refractivity contribution in [3.05, 3.63) is 115 Å². The van der Waals surface area contributed by atoms with Crippen LogP contribution in [-0.4, -0.2) is 37.1 Å². The van der Waals surface area contributed by atoms with Crippen LogP contribution in [0.5, 0.6) is 5.75 Å². The van der Waals surface area contributed by atoms with Crippen molar-refractivity contribution in [1.29, 1.82) is 0 Å². The van der Waals surface area contributed by atoms with Gasteiger partial charge in [-0.05, 0) is 71.6 Å². The van der Waals surface area contributed by atoms with Crippen molar-refractivity contribution >= 4 is 22.1 Å². The number of benzene rings is 5. The minimum absolute atomic E-state index is 0.756. The topological polar surface area (TPSA) is 70.7 Å². The zero-order valence-electron chi connectivity index (χ0n) is 21.5. The monoisotopic (exact) mass is 508 g/mol. The number of methoxy groups -OCH3 is 1. The van der Waals surface area contributed by atoms with Gasteiger partial charge in [0.15, 0.2) is 0 Å². The Morgan fingerprint density at radius 3 is 2.00 bits per heavy atom. The summed E-state index contributed by atoms with van der Waals surface area (Å²) in [4.78, 5) is 3.42. The maximum Gasteiger partial charge on any atom is 0.121 e. The van der Waals surface area contributed by atoms with E-state index in [0.717, 1.165) is 67.0 Å². The summed E-state index contributed by atoms with van der Waals surface area (Å²) in [6.45, 7) is 2.11. The van der Waals surface area contributed by atoms with Gasteiger partial charge in [-0.3, -0.25) is 0 Å². The SMILES string of the molecule is COc1ccc2nn(-c3ccc(-c4c(-c5ccccc5)cccc4-n4nc5ccccc5n4)c(C)c3)nc2c1. The van der Waals surface area contributed by atoms with Crippen molar-refractivity contribution in [2.75, 3.05) is 7.11 Å². The van der Waals surface area contributed by atoms with Crippen LogP contribution in [0.25, 0.3) is 55.7 Å². The van der Waals surface area contributed by atoms with E-state index in [0.29, 0.717) is 0 Å². The van der Waals surface area contributed by atoms with E-state index >= 15 is 0 Å². The third kappa shape index (κ3) is 4.01. The predicted octanol–water partition coefficient (Wildman–Crippen LogP) is 6.81. The minimum Gasteiger partial charge on any atom is -0.497 e. The molecule has 7 aromatic rings. The summed E-state index contributed by atoms with van der Waals surface area (Å²) in [5.74, 6) is 0.756. The highest BCUT2D eigenvalue weighted by Crippen LogP contribution is 2.39. The summed E-state index contributed by atoms with van der Waals surface area (Å²) in [6, 6.07) is 36.6. The summed E-state index contributed by atoms with van der Waals surface area (Å²) in [6.07, 6.45) is 0. The molecule has 0 fully saturated rings. The number of ether oxygens (including phenoxy) is 1. The Morgan fingerprint density at radius 2 is 1.26 bits per heavy atom. The number of aryl methyl sites for hydroxylation is 1. The van der Waals surface area contributed by atoms with Crippen LogP contribution >= 0.6 is 0 Å². The third-order valence-corrected chi connectivity index (χ3v) is 6.93. The van der Waals surface area contributed by atoms with Crippen molar-refractivity contribution in [2.24, 2.45) is 0 Å². The molecule has 0 N–H and O–H groups in total. The van der Waals surface area contributed by atoms with Gasteiger partial charge in [-0.15, -0.1) is 25.2 Å². The van der Waals surface area contributed by atoms with Crippen molar-refractivity contribution in [3.63, 3.8) is 0 Å². The Morgan fingerprint density at radius 1 is 0.564 bits per heavy atom. The van der Waals surface area contributed by atoms with E-state index in [1.54, 1.807) is 16.7 Å². The van der Waals surface area contributed by atoms with Crippen LogP contribution in [0.1, 0.15) is 5.56 Å². The first kappa shape index (κ1) is 22.9. The van der Waals surface area contributed by atoms with Crippen LogP contribution in [-0.2, 0) is 0 Å². The average Bonchev–Trinajstić information content (AvgIpc) is 3.61. The summed E-state index contributed by atoms with van der Waals surface area (Å²) in [5.41, 5.74) is 10.6. The Hall–Kier alpha value is -5.30. The molecular weight excluding hydrogens is 484 g/mol. The molecule has 39 heavy (non-hydrogen) atoms. The fraction of sp³-hybridized carbons (Fsp3) is 0.0625. The molecule has 0 saturated carbocycles. The molecule has 0 aliphatic heterocycles. The fourth-order valence-electron chi connectivity index (χ4n) is 5.01. The molecule has 0 spiro atoms. The lowest BCUT2D eigenvalue weighted by atomic mass is 9.90. The lowest BCUT2D eigenvalue weighted by molar-refractivity contribution is 0.415. The number of aromatic nitrogens is 6. The minimum atomic E-state index is 0.756. The predicted molar refractivity (Wildman–Crippen MR) is 153 cm³/mol. The van der Waals surface area contributed by atoms with Crippen LogP contribution in [0.4, 0.5) is 0 Å². The van der Waals surface area contributed by atoms with Gasteiger partial charge in [0.25, 0.3) is 0 Å². The lowest BCUT2D eigenvalue weighted by Gasteiger charge is -2.17. The van der Waals surface area contributed by atoms with Crippen molar-refractivity contribution in [2.45, 2.75) is 6.92 Å². The van der Waals surface area contributed by atoms with E-state index in [-0.39, 0.29) is 0 Å². The fourth-order valence-corrected chi connectivity index (χ4v) is 5.01. The molecule has 7 heteroatoms. The second kappa shape index (κ2) is 9.22. The largest absolute Gasteiger partial charge is 0.497 e. The Bertz CT molecular complexity index is 1940. The zero-order valence-corrected chi connectivity index (χ0v) is 21.5. The highest BCUT2D eigenvalue weighted by molar-refractivity contribution is 5.90. The van der Waals surface area contributed by atoms with Crippen LogP contribution in [0.15, 0.2) is 109 Å². The van der Waals surface area contributed by atoms with Gasteiger partial charge in [0.05, 0.1) is 18.5 Å². The van der Waals surface area contributed by atoms with Crippen molar-refractivity contribution in [1.82, 2.24) is 30.0 Å². The van der Waals surface area contributed by atoms with Gasteiger partial charge in [0.2, 0.25) is 0 Å². The average molecular weight is 509 g/mol. The number of fused-ring (bicyclic) bond motifs is 2. The maximum atomic E-state index is 5.35. The quantitative estimate of drug-likeness (QED) is 0.256. The number of hydrogen-bond acceptors (Lipinski definition) is 5. The molecule has 2 aromatic heterocycles. The normalized spacial score (nSPS) is 11.3. The lowest BCUT2D eigenvalue weighted by Crippen LogP contribution is -2.04. The van der Waals surface area contributed by atoms with E-state index < -0.39 is 0 Å². The van der Waals surface area contributed by atoms with Crippen LogP contribution in [0.3, 0.4) is 0 Å². The van der Waals surface area contributed by atoms with E-state index in [1.165, 1.54) is 0 Å². The highest BCUT2D eigenvalue weighted by Gasteiger charge is 2.18. The van der Waals surface area contributed by atoms with Crippen LogP contribution < -0.4 is 4.74 Å². The molecule has 0 atom stereocenters. The van der Waals surface area contributed by atoms with Crippen LogP contribution in [0, 0.1) is 6.92 Å². The van der Waals surface area contributed by atoms with Gasteiger partial charge >= 0.3 is 0 Å². The van der Waals surface area contributed by atoms with Gasteiger partial charge in [0, 0.05) is 11.6 Å². The molecule has 0 radical (unpaired) electrons. The summed E-state index contributed by atoms with van der Waals surface area (Å²) >= 11 is 0. The van der Waals surface area contributed by atoms with Crippen molar-refractivity contribution < 1.29 is 4.74 Å². The van der Waals surface area contributed by atoms with Gasteiger partial charge in [-0.25, -0.2) is 0 Å². The third-order valence-electron chi connectivity index (χ3n) is 6.93. The Labute approximate surface area is 224 Å². The van der Waals surface area contributed by atoms with Gasteiger partial charge < -0.3 is 4.74 Å². The molecule has 7 rings (SSSR count). The second-order valence-electron chi connectivity index (χ2n) is 9.39. The first-order valence-corrected chi connectivity index (χ1v) is 12.7. The molecule has 0 saturated heterocycles. The van der Waals surface area contributed by atoms with E-state index in [4.69, 9.17) is 20.0 Å². The Balaban J connectivity index is 1.40. The second-order valence-corrected chi connectivity index (χ2v) is 9.39. The molecule has 7 nitrogen and oxygen atoms in total. The molecular formula is C32H24N6O. The molecule has 0 unspecified atom stereocenters. The molecule has 5 aromatic carbocycles. The molecule has 0 amide bonds. The first-order chi connectivity index (χ1) is 19.2. The van der Waals surface area contributed by atoms with E-state index in [2.05, 4.69) is 72.7 Å². The zero-order chi connectivity index (χ0) is 26.3. The number of nitrogens with zero attached hydrogens (tertiary/aromatic N) is 6. The number of rotatable bonds is 5. The standard InChI is InChI=1S/C32H24N6O/c1-21-19-23(37-33-29-18-16-24(39-2)20-30(29)36-37)15-17-25(21)32-26(22-9-4-3-5-10-22)11-8-14-31(32)38-34-27-12-6-7-13-28(27)35-38/h3-20H,1-2H3. The van der Waals surface area contributed by atoms with Crippen molar-refractivity contribution in [3.8, 4) is 39.4 Å². The van der Waals surface area contributed by atoms with E-state index in [9.17, 15) is 0 Å². The summed E-state index contributed by atoms with van der Waals surface area (Å²) in [5, 5.41) is 19.0. The van der Waals surface area contributed by atoms with Gasteiger partial charge in [0.1, 0.15) is 27.8 Å². The molecule has 0 aliphatic rings. The molecule has 2 heterocycles. The molecule has 0 bridgehead atoms. The number of hydrogen-bond donors (Lipinski definition) is 0. The first-order valence-electron chi connectivity index (χ1n) is 12.7.